The monoisotopic (exact) mass is 336 g/mol. The van der Waals surface area contributed by atoms with Crippen molar-refractivity contribution in [3.8, 4) is 11.6 Å². The third-order valence-electron chi connectivity index (χ3n) is 4.64. The quantitative estimate of drug-likeness (QED) is 0.800. The molecule has 25 heavy (non-hydrogen) atoms. The van der Waals surface area contributed by atoms with Crippen molar-refractivity contribution in [2.75, 3.05) is 6.61 Å². The van der Waals surface area contributed by atoms with E-state index in [-0.39, 0.29) is 11.9 Å². The number of ether oxygens (including phenoxy) is 1. The van der Waals surface area contributed by atoms with Crippen LogP contribution in [-0.2, 0) is 7.05 Å². The van der Waals surface area contributed by atoms with Crippen LogP contribution in [0.15, 0.2) is 42.6 Å². The van der Waals surface area contributed by atoms with Crippen molar-refractivity contribution in [1.82, 2.24) is 19.7 Å². The van der Waals surface area contributed by atoms with Crippen LogP contribution in [0.4, 0.5) is 0 Å². The second kappa shape index (κ2) is 5.81. The SMILES string of the molecule is Cc1ccc(C)n1-c1c(C(=O)N[C@H]2COc3ccccc32)cnn1C. The number of nitrogens with zero attached hydrogens (tertiary/aromatic N) is 3. The zero-order valence-electron chi connectivity index (χ0n) is 14.5. The molecule has 3 heterocycles. The second-order valence-corrected chi connectivity index (χ2v) is 6.33. The Morgan fingerprint density at radius 1 is 1.20 bits per heavy atom. The zero-order valence-corrected chi connectivity index (χ0v) is 14.5. The summed E-state index contributed by atoms with van der Waals surface area (Å²) in [5.74, 6) is 1.45. The number of benzene rings is 1. The van der Waals surface area contributed by atoms with E-state index in [9.17, 15) is 4.79 Å². The summed E-state index contributed by atoms with van der Waals surface area (Å²) < 4.78 is 9.43. The Balaban J connectivity index is 1.67. The molecule has 0 unspecified atom stereocenters. The number of amides is 1. The molecule has 0 saturated carbocycles. The van der Waals surface area contributed by atoms with Crippen molar-refractivity contribution in [2.24, 2.45) is 7.05 Å². The van der Waals surface area contributed by atoms with Gasteiger partial charge in [-0.25, -0.2) is 0 Å². The molecular formula is C19H20N4O2. The highest BCUT2D eigenvalue weighted by Gasteiger charge is 2.27. The van der Waals surface area contributed by atoms with Crippen LogP contribution in [0.3, 0.4) is 0 Å². The Hall–Kier alpha value is -3.02. The summed E-state index contributed by atoms with van der Waals surface area (Å²) in [4.78, 5) is 12.9. The van der Waals surface area contributed by atoms with Crippen molar-refractivity contribution in [3.63, 3.8) is 0 Å². The van der Waals surface area contributed by atoms with Crippen molar-refractivity contribution in [2.45, 2.75) is 19.9 Å². The number of aromatic nitrogens is 3. The molecule has 1 N–H and O–H groups in total. The molecule has 0 spiro atoms. The Labute approximate surface area is 146 Å². The molecule has 0 bridgehead atoms. The van der Waals surface area contributed by atoms with Crippen LogP contribution in [0.5, 0.6) is 5.75 Å². The molecule has 1 aliphatic heterocycles. The molecule has 2 aromatic heterocycles. The molecule has 4 rings (SSSR count). The van der Waals surface area contributed by atoms with Crippen LogP contribution < -0.4 is 10.1 Å². The van der Waals surface area contributed by atoms with E-state index in [1.807, 2.05) is 61.9 Å². The predicted octanol–water partition coefficient (Wildman–Crippen LogP) is 2.69. The van der Waals surface area contributed by atoms with Gasteiger partial charge in [0, 0.05) is 24.0 Å². The minimum atomic E-state index is -0.152. The highest BCUT2D eigenvalue weighted by Crippen LogP contribution is 2.32. The standard InChI is InChI=1S/C19H20N4O2/c1-12-8-9-13(2)23(12)19-15(10-20-22(19)3)18(24)21-16-11-25-17-7-5-4-6-14(16)17/h4-10,16H,11H2,1-3H3,(H,21,24)/t16-/m0/s1. The van der Waals surface area contributed by atoms with Crippen molar-refractivity contribution in [3.05, 3.63) is 65.1 Å². The number of carbonyl (C=O) groups excluding carboxylic acids is 1. The van der Waals surface area contributed by atoms with Crippen LogP contribution in [-0.4, -0.2) is 26.9 Å². The van der Waals surface area contributed by atoms with E-state index < -0.39 is 0 Å². The van der Waals surface area contributed by atoms with E-state index in [0.717, 1.165) is 28.5 Å². The number of aryl methyl sites for hydroxylation is 3. The van der Waals surface area contributed by atoms with Gasteiger partial charge in [-0.15, -0.1) is 0 Å². The van der Waals surface area contributed by atoms with Gasteiger partial charge in [-0.3, -0.25) is 9.48 Å². The normalized spacial score (nSPS) is 15.7. The molecule has 1 amide bonds. The van der Waals surface area contributed by atoms with Crippen LogP contribution in [0.2, 0.25) is 0 Å². The van der Waals surface area contributed by atoms with Crippen LogP contribution >= 0.6 is 0 Å². The lowest BCUT2D eigenvalue weighted by molar-refractivity contribution is 0.0930. The maximum atomic E-state index is 12.9. The van der Waals surface area contributed by atoms with Gasteiger partial charge in [0.1, 0.15) is 23.7 Å². The van der Waals surface area contributed by atoms with Gasteiger partial charge in [-0.2, -0.15) is 5.10 Å². The molecule has 1 aliphatic rings. The molecule has 0 saturated heterocycles. The Morgan fingerprint density at radius 2 is 1.92 bits per heavy atom. The van der Waals surface area contributed by atoms with E-state index in [1.54, 1.807) is 10.9 Å². The predicted molar refractivity (Wildman–Crippen MR) is 94.2 cm³/mol. The summed E-state index contributed by atoms with van der Waals surface area (Å²) >= 11 is 0. The first-order valence-corrected chi connectivity index (χ1v) is 8.26. The zero-order chi connectivity index (χ0) is 17.6. The van der Waals surface area contributed by atoms with Gasteiger partial charge in [0.05, 0.1) is 12.2 Å². The summed E-state index contributed by atoms with van der Waals surface area (Å²) in [6.07, 6.45) is 1.62. The summed E-state index contributed by atoms with van der Waals surface area (Å²) in [5.41, 5.74) is 3.68. The molecule has 6 nitrogen and oxygen atoms in total. The molecular weight excluding hydrogens is 316 g/mol. The van der Waals surface area contributed by atoms with Gasteiger partial charge in [-0.05, 0) is 32.0 Å². The molecule has 128 valence electrons. The van der Waals surface area contributed by atoms with Gasteiger partial charge in [-0.1, -0.05) is 18.2 Å². The van der Waals surface area contributed by atoms with Gasteiger partial charge in [0.2, 0.25) is 0 Å². The van der Waals surface area contributed by atoms with E-state index in [0.29, 0.717) is 12.2 Å². The first-order valence-electron chi connectivity index (χ1n) is 8.26. The molecule has 0 radical (unpaired) electrons. The summed E-state index contributed by atoms with van der Waals surface area (Å²) in [7, 11) is 1.85. The molecule has 0 aliphatic carbocycles. The minimum Gasteiger partial charge on any atom is -0.491 e. The number of hydrogen-bond donors (Lipinski definition) is 1. The lowest BCUT2D eigenvalue weighted by atomic mass is 10.1. The van der Waals surface area contributed by atoms with E-state index >= 15 is 0 Å². The fourth-order valence-corrected chi connectivity index (χ4v) is 3.38. The number of carbonyl (C=O) groups is 1. The number of hydrogen-bond acceptors (Lipinski definition) is 3. The Morgan fingerprint density at radius 3 is 2.68 bits per heavy atom. The Bertz CT molecular complexity index is 935. The minimum absolute atomic E-state index is 0.149. The van der Waals surface area contributed by atoms with E-state index in [4.69, 9.17) is 4.74 Å². The third-order valence-corrected chi connectivity index (χ3v) is 4.64. The number of rotatable bonds is 3. The van der Waals surface area contributed by atoms with Crippen LogP contribution in [0.25, 0.3) is 5.82 Å². The van der Waals surface area contributed by atoms with Gasteiger partial charge in [0.25, 0.3) is 5.91 Å². The average molecular weight is 336 g/mol. The van der Waals surface area contributed by atoms with Crippen molar-refractivity contribution >= 4 is 5.91 Å². The highest BCUT2D eigenvalue weighted by molar-refractivity contribution is 5.97. The molecule has 1 atom stereocenters. The third kappa shape index (κ3) is 2.50. The van der Waals surface area contributed by atoms with Gasteiger partial charge >= 0.3 is 0 Å². The van der Waals surface area contributed by atoms with Gasteiger partial charge in [0.15, 0.2) is 0 Å². The maximum Gasteiger partial charge on any atom is 0.257 e. The fraction of sp³-hybridized carbons (Fsp3) is 0.263. The van der Waals surface area contributed by atoms with E-state index in [1.165, 1.54) is 0 Å². The average Bonchev–Trinajstić information content (AvgIpc) is 3.26. The summed E-state index contributed by atoms with van der Waals surface area (Å²) in [5, 5.41) is 7.37. The first-order chi connectivity index (χ1) is 12.1. The first kappa shape index (κ1) is 15.5. The Kier molecular flexibility index (Phi) is 3.60. The summed E-state index contributed by atoms with van der Waals surface area (Å²) in [6.45, 7) is 4.48. The maximum absolute atomic E-state index is 12.9. The van der Waals surface area contributed by atoms with Crippen molar-refractivity contribution < 1.29 is 9.53 Å². The highest BCUT2D eigenvalue weighted by atomic mass is 16.5. The number of para-hydroxylation sites is 1. The van der Waals surface area contributed by atoms with Crippen LogP contribution in [0, 0.1) is 13.8 Å². The van der Waals surface area contributed by atoms with Crippen LogP contribution in [0.1, 0.15) is 33.4 Å². The lowest BCUT2D eigenvalue weighted by Gasteiger charge is -2.15. The smallest absolute Gasteiger partial charge is 0.257 e. The second-order valence-electron chi connectivity index (χ2n) is 6.33. The lowest BCUT2D eigenvalue weighted by Crippen LogP contribution is -2.30. The van der Waals surface area contributed by atoms with Crippen molar-refractivity contribution in [1.29, 1.82) is 0 Å². The van der Waals surface area contributed by atoms with Gasteiger partial charge < -0.3 is 14.6 Å². The summed E-state index contributed by atoms with van der Waals surface area (Å²) in [6, 6.07) is 11.7. The molecule has 0 fully saturated rings. The largest absolute Gasteiger partial charge is 0.491 e. The molecule has 3 aromatic rings. The topological polar surface area (TPSA) is 61.1 Å². The number of fused-ring (bicyclic) bond motifs is 1. The molecule has 6 heteroatoms. The number of nitrogens with one attached hydrogen (secondary N) is 1. The molecule has 1 aromatic carbocycles. The fourth-order valence-electron chi connectivity index (χ4n) is 3.38. The van der Waals surface area contributed by atoms with E-state index in [2.05, 4.69) is 10.4 Å².